The van der Waals surface area contributed by atoms with Crippen LogP contribution in [-0.2, 0) is 0 Å². The lowest BCUT2D eigenvalue weighted by Crippen LogP contribution is -2.52. The lowest BCUT2D eigenvalue weighted by atomic mass is 9.99. The summed E-state index contributed by atoms with van der Waals surface area (Å²) < 4.78 is 0. The van der Waals surface area contributed by atoms with Gasteiger partial charge in [-0.05, 0) is 6.92 Å². The van der Waals surface area contributed by atoms with Crippen LogP contribution in [0.4, 0.5) is 0 Å². The van der Waals surface area contributed by atoms with Crippen LogP contribution >= 0.6 is 0 Å². The quantitative estimate of drug-likeness (QED) is 0.288. The molecule has 5 nitrogen and oxygen atoms in total. The van der Waals surface area contributed by atoms with Crippen molar-refractivity contribution in [1.82, 2.24) is 10.9 Å². The minimum atomic E-state index is -0.422. The van der Waals surface area contributed by atoms with E-state index in [-0.39, 0.29) is 0 Å². The molecule has 5 N–H and O–H groups in total. The molecule has 1 unspecified atom stereocenters. The van der Waals surface area contributed by atoms with E-state index in [1.165, 1.54) is 6.21 Å². The Labute approximate surface area is 59.2 Å². The maximum Gasteiger partial charge on any atom is 0.108 e. The molecule has 0 saturated carbocycles. The normalized spacial score (nSPS) is 30.8. The summed E-state index contributed by atoms with van der Waals surface area (Å²) in [5, 5.41) is 11.1. The molecule has 56 valence electrons. The largest absolute Gasteiger partial charge is 0.301 e. The molecule has 1 rings (SSSR count). The lowest BCUT2D eigenvalue weighted by molar-refractivity contribution is 0.465. The summed E-state index contributed by atoms with van der Waals surface area (Å²) in [7, 11) is 0. The monoisotopic (exact) mass is 141 g/mol. The first-order chi connectivity index (χ1) is 4.69. The molecule has 1 aliphatic rings. The van der Waals surface area contributed by atoms with Gasteiger partial charge in [-0.2, -0.15) is 5.10 Å². The molecule has 0 fully saturated rings. The van der Waals surface area contributed by atoms with Crippen LogP contribution in [0.5, 0.6) is 0 Å². The first kappa shape index (κ1) is 7.17. The lowest BCUT2D eigenvalue weighted by Gasteiger charge is -2.22. The number of hydrazone groups is 1. The Hall–Kier alpha value is -0.940. The van der Waals surface area contributed by atoms with Crippen molar-refractivity contribution in [2.45, 2.75) is 12.5 Å². The summed E-state index contributed by atoms with van der Waals surface area (Å²) in [6.07, 6.45) is 1.48. The second-order valence-electron chi connectivity index (χ2n) is 2.50. The van der Waals surface area contributed by atoms with Gasteiger partial charge in [-0.3, -0.25) is 16.7 Å². The third-order valence-corrected chi connectivity index (χ3v) is 1.56. The highest BCUT2D eigenvalue weighted by Crippen LogP contribution is 2.06. The van der Waals surface area contributed by atoms with E-state index in [4.69, 9.17) is 11.3 Å². The summed E-state index contributed by atoms with van der Waals surface area (Å²) in [5.41, 5.74) is 5.31. The van der Waals surface area contributed by atoms with Gasteiger partial charge in [-0.15, -0.1) is 0 Å². The van der Waals surface area contributed by atoms with Gasteiger partial charge in [0.2, 0.25) is 0 Å². The van der Waals surface area contributed by atoms with Gasteiger partial charge in [0, 0.05) is 6.54 Å². The Morgan fingerprint density at radius 1 is 2.00 bits per heavy atom. The molecule has 0 radical (unpaired) electrons. The Morgan fingerprint density at radius 3 is 3.10 bits per heavy atom. The molecule has 0 aromatic heterocycles. The van der Waals surface area contributed by atoms with E-state index in [0.29, 0.717) is 12.3 Å². The third kappa shape index (κ3) is 1.01. The van der Waals surface area contributed by atoms with E-state index in [1.54, 1.807) is 0 Å². The van der Waals surface area contributed by atoms with Crippen LogP contribution in [0.3, 0.4) is 0 Å². The van der Waals surface area contributed by atoms with Crippen LogP contribution in [0.25, 0.3) is 0 Å². The van der Waals surface area contributed by atoms with Gasteiger partial charge in [-0.25, -0.2) is 0 Å². The SMILES string of the molecule is CC1(CNN)NN=CC1=N. The van der Waals surface area contributed by atoms with Gasteiger partial charge in [0.15, 0.2) is 0 Å². The predicted molar refractivity (Wildman–Crippen MR) is 39.9 cm³/mol. The van der Waals surface area contributed by atoms with Crippen LogP contribution in [0, 0.1) is 5.41 Å². The summed E-state index contributed by atoms with van der Waals surface area (Å²) in [4.78, 5) is 0. The number of rotatable bonds is 2. The zero-order chi connectivity index (χ0) is 7.61. The van der Waals surface area contributed by atoms with Crippen molar-refractivity contribution >= 4 is 11.9 Å². The molecule has 0 bridgehead atoms. The molecule has 0 aromatic carbocycles. The molecule has 0 aromatic rings. The van der Waals surface area contributed by atoms with E-state index in [0.717, 1.165) is 0 Å². The number of nitrogens with two attached hydrogens (primary N) is 1. The number of nitrogens with one attached hydrogen (secondary N) is 3. The standard InChI is InChI=1S/C5H11N5/c1-5(3-8-7)4(6)2-9-10-5/h2,6,8,10H,3,7H2,1H3. The van der Waals surface area contributed by atoms with E-state index in [1.807, 2.05) is 6.92 Å². The van der Waals surface area contributed by atoms with Gasteiger partial charge in [0.05, 0.1) is 11.9 Å². The summed E-state index contributed by atoms with van der Waals surface area (Å²) in [5.74, 6) is 5.11. The third-order valence-electron chi connectivity index (χ3n) is 1.56. The summed E-state index contributed by atoms with van der Waals surface area (Å²) in [6, 6.07) is 0. The predicted octanol–water partition coefficient (Wildman–Crippen LogP) is -1.18. The zero-order valence-electron chi connectivity index (χ0n) is 5.81. The van der Waals surface area contributed by atoms with Crippen molar-refractivity contribution in [2.24, 2.45) is 10.9 Å². The van der Waals surface area contributed by atoms with Crippen LogP contribution in [0.2, 0.25) is 0 Å². The molecular formula is C5H11N5. The highest BCUT2D eigenvalue weighted by Gasteiger charge is 2.30. The van der Waals surface area contributed by atoms with Crippen molar-refractivity contribution in [2.75, 3.05) is 6.54 Å². The molecule has 0 aliphatic carbocycles. The van der Waals surface area contributed by atoms with Gasteiger partial charge in [-0.1, -0.05) is 0 Å². The first-order valence-corrected chi connectivity index (χ1v) is 3.02. The van der Waals surface area contributed by atoms with Gasteiger partial charge in [0.1, 0.15) is 5.54 Å². The Balaban J connectivity index is 2.61. The Morgan fingerprint density at radius 2 is 2.70 bits per heavy atom. The molecule has 0 spiro atoms. The number of hydrazine groups is 1. The van der Waals surface area contributed by atoms with E-state index < -0.39 is 5.54 Å². The van der Waals surface area contributed by atoms with Crippen molar-refractivity contribution < 1.29 is 0 Å². The second kappa shape index (κ2) is 2.36. The molecule has 10 heavy (non-hydrogen) atoms. The first-order valence-electron chi connectivity index (χ1n) is 3.02. The van der Waals surface area contributed by atoms with Crippen molar-refractivity contribution in [3.05, 3.63) is 0 Å². The van der Waals surface area contributed by atoms with Crippen LogP contribution in [0.1, 0.15) is 6.92 Å². The van der Waals surface area contributed by atoms with Crippen molar-refractivity contribution in [3.63, 3.8) is 0 Å². The van der Waals surface area contributed by atoms with E-state index >= 15 is 0 Å². The summed E-state index contributed by atoms with van der Waals surface area (Å²) >= 11 is 0. The highest BCUT2D eigenvalue weighted by molar-refractivity contribution is 6.34. The fourth-order valence-corrected chi connectivity index (χ4v) is 0.781. The topological polar surface area (TPSA) is 86.3 Å². The average Bonchev–Trinajstić information content (AvgIpc) is 2.15. The molecule has 0 saturated heterocycles. The maximum absolute atomic E-state index is 7.40. The molecule has 5 heteroatoms. The van der Waals surface area contributed by atoms with Crippen molar-refractivity contribution in [3.8, 4) is 0 Å². The van der Waals surface area contributed by atoms with Crippen LogP contribution < -0.4 is 16.7 Å². The van der Waals surface area contributed by atoms with Crippen molar-refractivity contribution in [1.29, 1.82) is 5.41 Å². The molecule has 1 heterocycles. The number of hydrogen-bond donors (Lipinski definition) is 4. The Bertz CT molecular complexity index is 175. The Kier molecular flexibility index (Phi) is 1.69. The minimum absolute atomic E-state index is 0.422. The van der Waals surface area contributed by atoms with Gasteiger partial charge < -0.3 is 5.41 Å². The van der Waals surface area contributed by atoms with E-state index in [2.05, 4.69) is 16.0 Å². The second-order valence-corrected chi connectivity index (χ2v) is 2.50. The van der Waals surface area contributed by atoms with Gasteiger partial charge >= 0.3 is 0 Å². The highest BCUT2D eigenvalue weighted by atomic mass is 15.4. The van der Waals surface area contributed by atoms with Gasteiger partial charge in [0.25, 0.3) is 0 Å². The average molecular weight is 141 g/mol. The molecular weight excluding hydrogens is 130 g/mol. The number of hydrogen-bond acceptors (Lipinski definition) is 5. The van der Waals surface area contributed by atoms with E-state index in [9.17, 15) is 0 Å². The van der Waals surface area contributed by atoms with Crippen LogP contribution in [0.15, 0.2) is 5.10 Å². The molecule has 0 amide bonds. The number of nitrogens with zero attached hydrogens (tertiary/aromatic N) is 1. The maximum atomic E-state index is 7.40. The molecule has 1 aliphatic heterocycles. The zero-order valence-corrected chi connectivity index (χ0v) is 5.81. The summed E-state index contributed by atoms with van der Waals surface area (Å²) in [6.45, 7) is 2.37. The fraction of sp³-hybridized carbons (Fsp3) is 0.600. The molecule has 1 atom stereocenters. The fourth-order valence-electron chi connectivity index (χ4n) is 0.781. The smallest absolute Gasteiger partial charge is 0.108 e. The van der Waals surface area contributed by atoms with Crippen LogP contribution in [-0.4, -0.2) is 24.0 Å². The minimum Gasteiger partial charge on any atom is -0.301 e.